The van der Waals surface area contributed by atoms with Crippen LogP contribution in [0, 0.1) is 12.8 Å². The molecule has 0 aromatic carbocycles. The zero-order chi connectivity index (χ0) is 11.7. The highest BCUT2D eigenvalue weighted by atomic mass is 32.1. The Balaban J connectivity index is 1.39. The zero-order valence-electron chi connectivity index (χ0n) is 10.5. The second kappa shape index (κ2) is 5.04. The zero-order valence-corrected chi connectivity index (χ0v) is 11.3. The third kappa shape index (κ3) is 2.87. The minimum Gasteiger partial charge on any atom is -0.311 e. The van der Waals surface area contributed by atoms with Gasteiger partial charge in [-0.2, -0.15) is 0 Å². The van der Waals surface area contributed by atoms with Crippen molar-refractivity contribution in [3.8, 4) is 0 Å². The number of aryl methyl sites for hydroxylation is 1. The number of likely N-dealkylation sites (tertiary alicyclic amines) is 1. The molecule has 0 bridgehead atoms. The van der Waals surface area contributed by atoms with Gasteiger partial charge in [-0.1, -0.05) is 0 Å². The molecule has 1 aliphatic heterocycles. The van der Waals surface area contributed by atoms with Crippen LogP contribution in [-0.2, 0) is 6.54 Å². The van der Waals surface area contributed by atoms with Crippen LogP contribution in [0.4, 0.5) is 0 Å². The SMILES string of the molecule is Cc1ncsc1CNCC1CCN(C2CC2)C1. The molecule has 1 saturated carbocycles. The molecule has 1 aromatic rings. The maximum absolute atomic E-state index is 4.28. The number of aromatic nitrogens is 1. The van der Waals surface area contributed by atoms with Crippen LogP contribution in [-0.4, -0.2) is 35.6 Å². The monoisotopic (exact) mass is 251 g/mol. The molecule has 1 saturated heterocycles. The minimum absolute atomic E-state index is 0.865. The Morgan fingerprint density at radius 2 is 2.35 bits per heavy atom. The van der Waals surface area contributed by atoms with Gasteiger partial charge in [-0.3, -0.25) is 0 Å². The number of hydrogen-bond donors (Lipinski definition) is 1. The molecule has 3 rings (SSSR count). The summed E-state index contributed by atoms with van der Waals surface area (Å²) < 4.78 is 0. The normalized spacial score (nSPS) is 25.6. The van der Waals surface area contributed by atoms with Gasteiger partial charge >= 0.3 is 0 Å². The lowest BCUT2D eigenvalue weighted by Gasteiger charge is -2.15. The minimum atomic E-state index is 0.865. The maximum atomic E-state index is 4.28. The van der Waals surface area contributed by atoms with E-state index in [1.807, 2.05) is 5.51 Å². The highest BCUT2D eigenvalue weighted by Gasteiger charge is 2.33. The molecule has 2 heterocycles. The van der Waals surface area contributed by atoms with E-state index in [1.54, 1.807) is 11.3 Å². The van der Waals surface area contributed by atoms with Crippen LogP contribution in [0.3, 0.4) is 0 Å². The summed E-state index contributed by atoms with van der Waals surface area (Å²) in [4.78, 5) is 8.36. The fourth-order valence-electron chi connectivity index (χ4n) is 2.69. The molecule has 1 aliphatic carbocycles. The van der Waals surface area contributed by atoms with Gasteiger partial charge in [0.1, 0.15) is 0 Å². The van der Waals surface area contributed by atoms with Crippen molar-refractivity contribution in [3.05, 3.63) is 16.1 Å². The topological polar surface area (TPSA) is 28.2 Å². The lowest BCUT2D eigenvalue weighted by molar-refractivity contribution is 0.312. The summed E-state index contributed by atoms with van der Waals surface area (Å²) in [7, 11) is 0. The Kier molecular flexibility index (Phi) is 3.45. The van der Waals surface area contributed by atoms with Gasteiger partial charge in [0.15, 0.2) is 0 Å². The molecular weight excluding hydrogens is 230 g/mol. The van der Waals surface area contributed by atoms with Gasteiger partial charge in [0.2, 0.25) is 0 Å². The van der Waals surface area contributed by atoms with Crippen molar-refractivity contribution in [2.75, 3.05) is 19.6 Å². The predicted molar refractivity (Wildman–Crippen MR) is 71.3 cm³/mol. The van der Waals surface area contributed by atoms with Crippen molar-refractivity contribution in [2.45, 2.75) is 38.8 Å². The smallest absolute Gasteiger partial charge is 0.0798 e. The first-order valence-electron chi connectivity index (χ1n) is 6.66. The molecule has 94 valence electrons. The van der Waals surface area contributed by atoms with Gasteiger partial charge in [-0.15, -0.1) is 11.3 Å². The summed E-state index contributed by atoms with van der Waals surface area (Å²) in [6.07, 6.45) is 4.27. The van der Waals surface area contributed by atoms with Crippen molar-refractivity contribution >= 4 is 11.3 Å². The number of rotatable bonds is 5. The molecular formula is C13H21N3S. The molecule has 2 fully saturated rings. The van der Waals surface area contributed by atoms with Crippen molar-refractivity contribution in [1.29, 1.82) is 0 Å². The highest BCUT2D eigenvalue weighted by Crippen LogP contribution is 2.31. The fraction of sp³-hybridized carbons (Fsp3) is 0.769. The van der Waals surface area contributed by atoms with Gasteiger partial charge in [0.25, 0.3) is 0 Å². The van der Waals surface area contributed by atoms with Gasteiger partial charge in [-0.05, 0) is 45.2 Å². The van der Waals surface area contributed by atoms with Crippen LogP contribution >= 0.6 is 11.3 Å². The molecule has 4 heteroatoms. The van der Waals surface area contributed by atoms with E-state index in [-0.39, 0.29) is 0 Å². The summed E-state index contributed by atoms with van der Waals surface area (Å²) in [5.41, 5.74) is 3.13. The summed E-state index contributed by atoms with van der Waals surface area (Å²) in [6, 6.07) is 0.948. The summed E-state index contributed by atoms with van der Waals surface area (Å²) in [5, 5.41) is 3.59. The van der Waals surface area contributed by atoms with Crippen molar-refractivity contribution in [1.82, 2.24) is 15.2 Å². The standard InChI is InChI=1S/C13H21N3S/c1-10-13(17-9-15-10)7-14-6-11-4-5-16(8-11)12-2-3-12/h9,11-12,14H,2-8H2,1H3. The number of hydrogen-bond acceptors (Lipinski definition) is 4. The Morgan fingerprint density at radius 1 is 1.47 bits per heavy atom. The largest absolute Gasteiger partial charge is 0.311 e. The Labute approximate surface area is 107 Å². The summed E-state index contributed by atoms with van der Waals surface area (Å²) >= 11 is 1.76. The van der Waals surface area contributed by atoms with Gasteiger partial charge in [-0.25, -0.2) is 4.98 Å². The van der Waals surface area contributed by atoms with Crippen molar-refractivity contribution in [3.63, 3.8) is 0 Å². The first kappa shape index (κ1) is 11.6. The molecule has 1 aromatic heterocycles. The molecule has 0 amide bonds. The van der Waals surface area contributed by atoms with E-state index in [9.17, 15) is 0 Å². The molecule has 0 radical (unpaired) electrons. The third-order valence-electron chi connectivity index (χ3n) is 3.94. The van der Waals surface area contributed by atoms with Crippen LogP contribution in [0.15, 0.2) is 5.51 Å². The second-order valence-electron chi connectivity index (χ2n) is 5.37. The van der Waals surface area contributed by atoms with Gasteiger partial charge < -0.3 is 10.2 Å². The van der Waals surface area contributed by atoms with E-state index < -0.39 is 0 Å². The Hall–Kier alpha value is -0.450. The lowest BCUT2D eigenvalue weighted by atomic mass is 10.1. The fourth-order valence-corrected chi connectivity index (χ4v) is 3.43. The van der Waals surface area contributed by atoms with Crippen molar-refractivity contribution < 1.29 is 0 Å². The third-order valence-corrected chi connectivity index (χ3v) is 4.88. The van der Waals surface area contributed by atoms with Crippen LogP contribution < -0.4 is 5.32 Å². The van der Waals surface area contributed by atoms with E-state index in [2.05, 4.69) is 22.1 Å². The van der Waals surface area contributed by atoms with E-state index in [0.29, 0.717) is 0 Å². The summed E-state index contributed by atoms with van der Waals surface area (Å²) in [6.45, 7) is 6.91. The average molecular weight is 251 g/mol. The van der Waals surface area contributed by atoms with Crippen LogP contribution in [0.25, 0.3) is 0 Å². The van der Waals surface area contributed by atoms with Crippen molar-refractivity contribution in [2.24, 2.45) is 5.92 Å². The van der Waals surface area contributed by atoms with Crippen LogP contribution in [0.5, 0.6) is 0 Å². The molecule has 17 heavy (non-hydrogen) atoms. The number of thiazole rings is 1. The first-order chi connectivity index (χ1) is 8.33. The number of nitrogens with one attached hydrogen (secondary N) is 1. The lowest BCUT2D eigenvalue weighted by Crippen LogP contribution is -2.27. The molecule has 1 unspecified atom stereocenters. The van der Waals surface area contributed by atoms with E-state index in [4.69, 9.17) is 0 Å². The maximum Gasteiger partial charge on any atom is 0.0798 e. The Bertz CT molecular complexity index is 372. The number of nitrogens with zero attached hydrogens (tertiary/aromatic N) is 2. The molecule has 1 N–H and O–H groups in total. The van der Waals surface area contributed by atoms with E-state index in [0.717, 1.165) is 18.5 Å². The molecule has 2 aliphatic rings. The average Bonchev–Trinajstić information content (AvgIpc) is 2.94. The molecule has 1 atom stereocenters. The second-order valence-corrected chi connectivity index (χ2v) is 6.31. The summed E-state index contributed by atoms with van der Waals surface area (Å²) in [5.74, 6) is 0.865. The van der Waals surface area contributed by atoms with Gasteiger partial charge in [0.05, 0.1) is 11.2 Å². The molecule has 3 nitrogen and oxygen atoms in total. The predicted octanol–water partition coefficient (Wildman–Crippen LogP) is 2.03. The molecule has 0 spiro atoms. The first-order valence-corrected chi connectivity index (χ1v) is 7.54. The van der Waals surface area contributed by atoms with Crippen LogP contribution in [0.2, 0.25) is 0 Å². The van der Waals surface area contributed by atoms with E-state index >= 15 is 0 Å². The van der Waals surface area contributed by atoms with Crippen LogP contribution in [0.1, 0.15) is 29.8 Å². The van der Waals surface area contributed by atoms with Gasteiger partial charge in [0, 0.05) is 24.0 Å². The quantitative estimate of drug-likeness (QED) is 0.868. The van der Waals surface area contributed by atoms with E-state index in [1.165, 1.54) is 49.5 Å². The highest BCUT2D eigenvalue weighted by molar-refractivity contribution is 7.09. The Morgan fingerprint density at radius 3 is 3.06 bits per heavy atom.